The van der Waals surface area contributed by atoms with E-state index < -0.39 is 35.9 Å². The van der Waals surface area contributed by atoms with Crippen LogP contribution in [0.15, 0.2) is 29.0 Å². The van der Waals surface area contributed by atoms with Crippen LogP contribution in [0.3, 0.4) is 0 Å². The molecule has 0 atom stereocenters. The number of hydrogen-bond acceptors (Lipinski definition) is 5. The van der Waals surface area contributed by atoms with Crippen molar-refractivity contribution in [2.45, 2.75) is 19.5 Å². The van der Waals surface area contributed by atoms with Crippen molar-refractivity contribution >= 4 is 11.9 Å². The summed E-state index contributed by atoms with van der Waals surface area (Å²) in [6.45, 7) is 1.21. The number of halogens is 3. The molecule has 2 aromatic heterocycles. The summed E-state index contributed by atoms with van der Waals surface area (Å²) in [6, 6.07) is 1.98. The maximum Gasteiger partial charge on any atom is 0.421 e. The molecule has 0 bridgehead atoms. The molecule has 140 valence electrons. The van der Waals surface area contributed by atoms with Crippen LogP contribution >= 0.6 is 0 Å². The fourth-order valence-corrected chi connectivity index (χ4v) is 2.19. The molecule has 0 fully saturated rings. The maximum absolute atomic E-state index is 12.8. The van der Waals surface area contributed by atoms with Crippen molar-refractivity contribution in [3.63, 3.8) is 0 Å². The molecule has 2 N–H and O–H groups in total. The normalized spacial score (nSPS) is 11.2. The van der Waals surface area contributed by atoms with Crippen LogP contribution in [0.2, 0.25) is 0 Å². The summed E-state index contributed by atoms with van der Waals surface area (Å²) in [7, 11) is 0. The Hall–Kier alpha value is -3.04. The average Bonchev–Trinajstić information content (AvgIpc) is 2.90. The molecule has 0 saturated carbocycles. The lowest BCUT2D eigenvalue weighted by atomic mass is 10.1. The van der Waals surface area contributed by atoms with Gasteiger partial charge in [-0.2, -0.15) is 13.2 Å². The third-order valence-electron chi connectivity index (χ3n) is 3.29. The fraction of sp³-hybridized carbons (Fsp3) is 0.312. The molecule has 7 nitrogen and oxygen atoms in total. The predicted molar refractivity (Wildman–Crippen MR) is 81.9 cm³/mol. The van der Waals surface area contributed by atoms with E-state index in [4.69, 9.17) is 14.3 Å². The third kappa shape index (κ3) is 4.74. The number of aryl methyl sites for hydroxylation is 1. The SMILES string of the molecule is Cc1coc(CC(=O)O)c1C(=O)NCCOc1ncccc1C(F)(F)F. The van der Waals surface area contributed by atoms with Crippen LogP contribution in [0.4, 0.5) is 13.2 Å². The van der Waals surface area contributed by atoms with Crippen molar-refractivity contribution in [1.29, 1.82) is 0 Å². The zero-order chi connectivity index (χ0) is 19.3. The minimum absolute atomic E-state index is 0.00231. The molecule has 0 aliphatic carbocycles. The van der Waals surface area contributed by atoms with Gasteiger partial charge in [0, 0.05) is 11.8 Å². The van der Waals surface area contributed by atoms with Gasteiger partial charge in [-0.1, -0.05) is 0 Å². The number of aliphatic carboxylic acids is 1. The zero-order valence-electron chi connectivity index (χ0n) is 13.6. The molecule has 0 saturated heterocycles. The van der Waals surface area contributed by atoms with Crippen molar-refractivity contribution in [3.8, 4) is 5.88 Å². The molecule has 0 aromatic carbocycles. The topological polar surface area (TPSA) is 102 Å². The molecular formula is C16H15F3N2O5. The van der Waals surface area contributed by atoms with E-state index in [-0.39, 0.29) is 24.5 Å². The van der Waals surface area contributed by atoms with Gasteiger partial charge >= 0.3 is 12.1 Å². The molecule has 10 heteroatoms. The first-order valence-electron chi connectivity index (χ1n) is 7.42. The highest BCUT2D eigenvalue weighted by Crippen LogP contribution is 2.34. The quantitative estimate of drug-likeness (QED) is 0.724. The molecule has 0 radical (unpaired) electrons. The van der Waals surface area contributed by atoms with Gasteiger partial charge in [0.05, 0.1) is 18.4 Å². The molecule has 0 spiro atoms. The number of carboxylic acids is 1. The van der Waals surface area contributed by atoms with Crippen LogP contribution in [0.1, 0.15) is 27.2 Å². The lowest BCUT2D eigenvalue weighted by Gasteiger charge is -2.12. The first-order valence-corrected chi connectivity index (χ1v) is 7.42. The Morgan fingerprint density at radius 2 is 2.12 bits per heavy atom. The van der Waals surface area contributed by atoms with Gasteiger partial charge in [0.1, 0.15) is 24.4 Å². The zero-order valence-corrected chi connectivity index (χ0v) is 13.6. The first kappa shape index (κ1) is 19.3. The van der Waals surface area contributed by atoms with Crippen molar-refractivity contribution < 1.29 is 37.0 Å². The monoisotopic (exact) mass is 372 g/mol. The minimum Gasteiger partial charge on any atom is -0.481 e. The van der Waals surface area contributed by atoms with Crippen LogP contribution in [-0.2, 0) is 17.4 Å². The minimum atomic E-state index is -4.60. The Kier molecular flexibility index (Phi) is 5.86. The first-order chi connectivity index (χ1) is 12.2. The van der Waals surface area contributed by atoms with Crippen LogP contribution < -0.4 is 10.1 Å². The lowest BCUT2D eigenvalue weighted by molar-refractivity contribution is -0.139. The second-order valence-electron chi connectivity index (χ2n) is 5.25. The van der Waals surface area contributed by atoms with Crippen molar-refractivity contribution in [2.75, 3.05) is 13.2 Å². The highest BCUT2D eigenvalue weighted by atomic mass is 19.4. The Labute approximate surface area is 145 Å². The largest absolute Gasteiger partial charge is 0.481 e. The summed E-state index contributed by atoms with van der Waals surface area (Å²) in [6.07, 6.45) is -2.65. The van der Waals surface area contributed by atoms with E-state index in [2.05, 4.69) is 10.3 Å². The van der Waals surface area contributed by atoms with Crippen molar-refractivity contribution in [2.24, 2.45) is 0 Å². The number of hydrogen-bond donors (Lipinski definition) is 2. The number of pyridine rings is 1. The smallest absolute Gasteiger partial charge is 0.421 e. The van der Waals surface area contributed by atoms with E-state index in [9.17, 15) is 22.8 Å². The van der Waals surface area contributed by atoms with Crippen molar-refractivity contribution in [3.05, 3.63) is 47.0 Å². The molecule has 2 heterocycles. The molecule has 2 rings (SSSR count). The number of amides is 1. The van der Waals surface area contributed by atoms with E-state index in [1.807, 2.05) is 0 Å². The molecule has 0 aliphatic heterocycles. The van der Waals surface area contributed by atoms with E-state index in [0.717, 1.165) is 18.3 Å². The molecule has 1 amide bonds. The van der Waals surface area contributed by atoms with Gasteiger partial charge in [-0.05, 0) is 19.1 Å². The Balaban J connectivity index is 1.95. The molecule has 2 aromatic rings. The van der Waals surface area contributed by atoms with Gasteiger partial charge in [0.2, 0.25) is 5.88 Å². The van der Waals surface area contributed by atoms with Crippen LogP contribution in [-0.4, -0.2) is 35.1 Å². The standard InChI is InChI=1S/C16H15F3N2O5/c1-9-8-26-11(7-12(22)23)13(9)14(24)20-5-6-25-15-10(16(17,18)19)3-2-4-21-15/h2-4,8H,5-7H2,1H3,(H,20,24)(H,22,23). The predicted octanol–water partition coefficient (Wildman–Crippen LogP) is 2.44. The summed E-state index contributed by atoms with van der Waals surface area (Å²) < 4.78 is 48.5. The molecule has 0 unspecified atom stereocenters. The van der Waals surface area contributed by atoms with Gasteiger partial charge in [-0.3, -0.25) is 9.59 Å². The second-order valence-corrected chi connectivity index (χ2v) is 5.25. The van der Waals surface area contributed by atoms with E-state index >= 15 is 0 Å². The Bertz CT molecular complexity index is 801. The number of aromatic nitrogens is 1. The van der Waals surface area contributed by atoms with E-state index in [0.29, 0.717) is 5.56 Å². The van der Waals surface area contributed by atoms with Crippen molar-refractivity contribution in [1.82, 2.24) is 10.3 Å². The average molecular weight is 372 g/mol. The number of rotatable bonds is 7. The number of carbonyl (C=O) groups is 2. The van der Waals surface area contributed by atoms with Gasteiger partial charge in [0.15, 0.2) is 0 Å². The number of carboxylic acid groups (broad SMARTS) is 1. The summed E-state index contributed by atoms with van der Waals surface area (Å²) in [5.74, 6) is -2.35. The fourth-order valence-electron chi connectivity index (χ4n) is 2.19. The molecule has 26 heavy (non-hydrogen) atoms. The summed E-state index contributed by atoms with van der Waals surface area (Å²) in [5, 5.41) is 11.2. The highest BCUT2D eigenvalue weighted by Gasteiger charge is 2.35. The number of nitrogens with one attached hydrogen (secondary N) is 1. The number of alkyl halides is 3. The van der Waals surface area contributed by atoms with Gasteiger partial charge in [-0.25, -0.2) is 4.98 Å². The van der Waals surface area contributed by atoms with Crippen LogP contribution in [0.25, 0.3) is 0 Å². The third-order valence-corrected chi connectivity index (χ3v) is 3.29. The van der Waals surface area contributed by atoms with Gasteiger partial charge in [0.25, 0.3) is 5.91 Å². The van der Waals surface area contributed by atoms with E-state index in [1.54, 1.807) is 6.92 Å². The second kappa shape index (κ2) is 7.89. The summed E-state index contributed by atoms with van der Waals surface area (Å²) in [4.78, 5) is 26.5. The number of carbonyl (C=O) groups excluding carboxylic acids is 1. The Morgan fingerprint density at radius 3 is 2.77 bits per heavy atom. The highest BCUT2D eigenvalue weighted by molar-refractivity contribution is 5.97. The van der Waals surface area contributed by atoms with Gasteiger partial charge < -0.3 is 19.6 Å². The lowest BCUT2D eigenvalue weighted by Crippen LogP contribution is -2.29. The number of furan rings is 1. The summed E-state index contributed by atoms with van der Waals surface area (Å²) in [5.41, 5.74) is -0.481. The maximum atomic E-state index is 12.8. The van der Waals surface area contributed by atoms with Crippen LogP contribution in [0, 0.1) is 6.92 Å². The number of nitrogens with zero attached hydrogens (tertiary/aromatic N) is 1. The molecule has 0 aliphatic rings. The Morgan fingerprint density at radius 1 is 1.38 bits per heavy atom. The van der Waals surface area contributed by atoms with Gasteiger partial charge in [-0.15, -0.1) is 0 Å². The number of ether oxygens (including phenoxy) is 1. The molecular weight excluding hydrogens is 357 g/mol. The van der Waals surface area contributed by atoms with E-state index in [1.165, 1.54) is 6.26 Å². The van der Waals surface area contributed by atoms with Crippen LogP contribution in [0.5, 0.6) is 5.88 Å². The summed E-state index contributed by atoms with van der Waals surface area (Å²) >= 11 is 0.